The molecule has 0 saturated heterocycles. The molecule has 0 aliphatic heterocycles. The van der Waals surface area contributed by atoms with E-state index >= 15 is 0 Å². The number of nitrogens with zero attached hydrogens (tertiary/aromatic N) is 1. The Hall–Kier alpha value is -7.42. The number of benzene rings is 9. The number of hydrogen-bond acceptors (Lipinski definition) is 2. The topological polar surface area (TPSA) is 16.4 Å². The summed E-state index contributed by atoms with van der Waals surface area (Å²) in [5.41, 5.74) is 19.5. The first kappa shape index (κ1) is 34.8. The second kappa shape index (κ2) is 13.9. The van der Waals surface area contributed by atoms with Crippen LogP contribution in [-0.2, 0) is 5.41 Å². The molecular weight excluding hydrogens is 715 g/mol. The van der Waals surface area contributed by atoms with Crippen molar-refractivity contribution in [3.63, 3.8) is 0 Å². The Labute approximate surface area is 345 Å². The minimum absolute atomic E-state index is 0.231. The summed E-state index contributed by atoms with van der Waals surface area (Å²) in [6.07, 6.45) is 0. The van der Waals surface area contributed by atoms with Crippen LogP contribution in [0.3, 0.4) is 0 Å². The number of fused-ring (bicyclic) bond motifs is 6. The Morgan fingerprint density at radius 1 is 0.373 bits per heavy atom. The number of para-hydroxylation sites is 1. The van der Waals surface area contributed by atoms with Gasteiger partial charge in [0.1, 0.15) is 11.2 Å². The quantitative estimate of drug-likeness (QED) is 0.161. The zero-order valence-electron chi connectivity index (χ0n) is 33.1. The predicted molar refractivity (Wildman–Crippen MR) is 248 cm³/mol. The molecule has 11 rings (SSSR count). The van der Waals surface area contributed by atoms with Crippen LogP contribution in [0.15, 0.2) is 217 Å². The lowest BCUT2D eigenvalue weighted by atomic mass is 9.77. The molecule has 0 atom stereocenters. The van der Waals surface area contributed by atoms with Crippen LogP contribution in [0.5, 0.6) is 0 Å². The molecule has 0 spiro atoms. The minimum Gasteiger partial charge on any atom is -0.456 e. The standard InChI is InChI=1S/C57H41NO/c1-57(2)50-29-14-12-24-45(50)47-27-16-28-48(56(47)57)55-44(40-22-10-5-11-23-40)26-17-30-51(55)58(42-33-35-54-49(37-42)46-25-13-15-31-53(46)59-54)52-36-41(38-18-6-3-7-19-38)32-34-43(52)39-20-8-4-9-21-39/h3-37H,1-2H3. The summed E-state index contributed by atoms with van der Waals surface area (Å²) in [5, 5.41) is 2.19. The van der Waals surface area contributed by atoms with Crippen molar-refractivity contribution in [3.05, 3.63) is 223 Å². The first-order valence-electron chi connectivity index (χ1n) is 20.4. The SMILES string of the molecule is CC1(C)c2ccccc2-c2cccc(-c3c(-c4ccccc4)cccc3N(c3ccc4oc5ccccc5c4c3)c3cc(-c4ccccc4)ccc3-c3ccccc3)c21. The Balaban J connectivity index is 1.28. The number of rotatable bonds is 7. The van der Waals surface area contributed by atoms with Gasteiger partial charge < -0.3 is 9.32 Å². The van der Waals surface area contributed by atoms with Crippen LogP contribution >= 0.6 is 0 Å². The van der Waals surface area contributed by atoms with Crippen molar-refractivity contribution in [1.29, 1.82) is 0 Å². The fourth-order valence-corrected chi connectivity index (χ4v) is 9.57. The lowest BCUT2D eigenvalue weighted by Crippen LogP contribution is -2.17. The molecule has 0 bridgehead atoms. The molecule has 1 aromatic heterocycles. The van der Waals surface area contributed by atoms with Crippen LogP contribution in [0.1, 0.15) is 25.0 Å². The molecule has 280 valence electrons. The summed E-state index contributed by atoms with van der Waals surface area (Å²) in [4.78, 5) is 2.51. The van der Waals surface area contributed by atoms with E-state index in [1.165, 1.54) is 50.1 Å². The van der Waals surface area contributed by atoms with Crippen molar-refractivity contribution in [2.45, 2.75) is 19.3 Å². The monoisotopic (exact) mass is 755 g/mol. The molecule has 0 unspecified atom stereocenters. The highest BCUT2D eigenvalue weighted by Crippen LogP contribution is 2.56. The normalized spacial score (nSPS) is 12.7. The van der Waals surface area contributed by atoms with E-state index in [2.05, 4.69) is 225 Å². The zero-order valence-corrected chi connectivity index (χ0v) is 33.1. The van der Waals surface area contributed by atoms with Crippen molar-refractivity contribution in [2.75, 3.05) is 4.90 Å². The Morgan fingerprint density at radius 2 is 0.966 bits per heavy atom. The second-order valence-corrected chi connectivity index (χ2v) is 16.0. The van der Waals surface area contributed by atoms with Gasteiger partial charge >= 0.3 is 0 Å². The van der Waals surface area contributed by atoms with Crippen LogP contribution in [0.25, 0.3) is 77.6 Å². The van der Waals surface area contributed by atoms with Crippen LogP contribution < -0.4 is 4.90 Å². The van der Waals surface area contributed by atoms with Gasteiger partial charge in [-0.3, -0.25) is 0 Å². The van der Waals surface area contributed by atoms with E-state index in [1.807, 2.05) is 6.07 Å². The van der Waals surface area contributed by atoms with Gasteiger partial charge in [-0.05, 0) is 92.0 Å². The first-order chi connectivity index (χ1) is 29.0. The fourth-order valence-electron chi connectivity index (χ4n) is 9.57. The van der Waals surface area contributed by atoms with E-state index in [1.54, 1.807) is 0 Å². The van der Waals surface area contributed by atoms with Gasteiger partial charge in [0.15, 0.2) is 0 Å². The summed E-state index contributed by atoms with van der Waals surface area (Å²) < 4.78 is 6.42. The van der Waals surface area contributed by atoms with E-state index in [0.29, 0.717) is 0 Å². The lowest BCUT2D eigenvalue weighted by Gasteiger charge is -2.33. The highest BCUT2D eigenvalue weighted by atomic mass is 16.3. The van der Waals surface area contributed by atoms with Crippen LogP contribution in [0.4, 0.5) is 17.1 Å². The summed E-state index contributed by atoms with van der Waals surface area (Å²) in [6.45, 7) is 4.77. The van der Waals surface area contributed by atoms with Crippen molar-refractivity contribution in [1.82, 2.24) is 0 Å². The largest absolute Gasteiger partial charge is 0.456 e. The molecule has 1 aliphatic carbocycles. The maximum atomic E-state index is 6.42. The molecule has 1 heterocycles. The zero-order chi connectivity index (χ0) is 39.5. The first-order valence-corrected chi connectivity index (χ1v) is 20.4. The molecule has 1 aliphatic rings. The number of hydrogen-bond donors (Lipinski definition) is 0. The van der Waals surface area contributed by atoms with Gasteiger partial charge in [-0.25, -0.2) is 0 Å². The third kappa shape index (κ3) is 5.71. The summed E-state index contributed by atoms with van der Waals surface area (Å²) in [6, 6.07) is 77.0. The van der Waals surface area contributed by atoms with Crippen LogP contribution in [0.2, 0.25) is 0 Å². The van der Waals surface area contributed by atoms with Gasteiger partial charge in [0.05, 0.1) is 11.4 Å². The summed E-state index contributed by atoms with van der Waals surface area (Å²) in [5.74, 6) is 0. The van der Waals surface area contributed by atoms with Gasteiger partial charge in [0, 0.05) is 33.0 Å². The Bertz CT molecular complexity index is 3180. The van der Waals surface area contributed by atoms with Crippen LogP contribution in [-0.4, -0.2) is 0 Å². The molecule has 9 aromatic carbocycles. The predicted octanol–water partition coefficient (Wildman–Crippen LogP) is 16.0. The van der Waals surface area contributed by atoms with Crippen molar-refractivity contribution in [2.24, 2.45) is 0 Å². The van der Waals surface area contributed by atoms with E-state index in [-0.39, 0.29) is 5.41 Å². The highest BCUT2D eigenvalue weighted by molar-refractivity contribution is 6.08. The highest BCUT2D eigenvalue weighted by Gasteiger charge is 2.38. The summed E-state index contributed by atoms with van der Waals surface area (Å²) in [7, 11) is 0. The van der Waals surface area contributed by atoms with Crippen LogP contribution in [0, 0.1) is 0 Å². The van der Waals surface area contributed by atoms with E-state index in [4.69, 9.17) is 4.42 Å². The molecule has 0 N–H and O–H groups in total. The van der Waals surface area contributed by atoms with E-state index in [0.717, 1.165) is 55.7 Å². The molecule has 0 radical (unpaired) electrons. The molecule has 10 aromatic rings. The van der Waals surface area contributed by atoms with Crippen molar-refractivity contribution >= 4 is 39.0 Å². The number of anilines is 3. The Kier molecular flexibility index (Phi) is 8.20. The third-order valence-corrected chi connectivity index (χ3v) is 12.3. The Morgan fingerprint density at radius 3 is 1.75 bits per heavy atom. The van der Waals surface area contributed by atoms with Crippen molar-refractivity contribution in [3.8, 4) is 55.6 Å². The number of furan rings is 1. The van der Waals surface area contributed by atoms with Gasteiger partial charge in [-0.15, -0.1) is 0 Å². The van der Waals surface area contributed by atoms with Gasteiger partial charge in [-0.1, -0.05) is 190 Å². The van der Waals surface area contributed by atoms with E-state index in [9.17, 15) is 0 Å². The molecule has 59 heavy (non-hydrogen) atoms. The average molecular weight is 756 g/mol. The molecule has 2 heteroatoms. The molecule has 2 nitrogen and oxygen atoms in total. The minimum atomic E-state index is -0.231. The van der Waals surface area contributed by atoms with Gasteiger partial charge in [0.2, 0.25) is 0 Å². The van der Waals surface area contributed by atoms with Gasteiger partial charge in [-0.2, -0.15) is 0 Å². The molecule has 0 amide bonds. The molecular formula is C57H41NO. The van der Waals surface area contributed by atoms with Gasteiger partial charge in [0.25, 0.3) is 0 Å². The fraction of sp³-hybridized carbons (Fsp3) is 0.0526. The maximum Gasteiger partial charge on any atom is 0.135 e. The maximum absolute atomic E-state index is 6.42. The third-order valence-electron chi connectivity index (χ3n) is 12.3. The lowest BCUT2D eigenvalue weighted by molar-refractivity contribution is 0.662. The van der Waals surface area contributed by atoms with E-state index < -0.39 is 0 Å². The summed E-state index contributed by atoms with van der Waals surface area (Å²) >= 11 is 0. The molecule has 0 fully saturated rings. The van der Waals surface area contributed by atoms with Crippen molar-refractivity contribution < 1.29 is 4.42 Å². The smallest absolute Gasteiger partial charge is 0.135 e. The second-order valence-electron chi connectivity index (χ2n) is 16.0. The average Bonchev–Trinajstić information content (AvgIpc) is 3.79. The molecule has 0 saturated carbocycles.